The Morgan fingerprint density at radius 3 is 2.40 bits per heavy atom. The summed E-state index contributed by atoms with van der Waals surface area (Å²) in [6.45, 7) is 9.18. The van der Waals surface area contributed by atoms with Crippen molar-refractivity contribution >= 4 is 5.97 Å². The molecule has 1 aliphatic carbocycles. The molecule has 0 bridgehead atoms. The molecule has 2 rings (SSSR count). The molecule has 3 nitrogen and oxygen atoms in total. The van der Waals surface area contributed by atoms with Crippen LogP contribution >= 0.6 is 0 Å². The summed E-state index contributed by atoms with van der Waals surface area (Å²) in [7, 11) is 0. The molecule has 0 spiro atoms. The van der Waals surface area contributed by atoms with Crippen LogP contribution in [0.25, 0.3) is 0 Å². The van der Waals surface area contributed by atoms with Gasteiger partial charge in [0.1, 0.15) is 0 Å². The van der Waals surface area contributed by atoms with E-state index in [9.17, 15) is 9.90 Å². The van der Waals surface area contributed by atoms with Gasteiger partial charge in [0.25, 0.3) is 0 Å². The average Bonchev–Trinajstić information content (AvgIpc) is 2.47. The van der Waals surface area contributed by atoms with Gasteiger partial charge in [-0.2, -0.15) is 0 Å². The lowest BCUT2D eigenvalue weighted by Crippen LogP contribution is -2.50. The molecule has 1 saturated carbocycles. The van der Waals surface area contributed by atoms with Crippen molar-refractivity contribution in [3.63, 3.8) is 0 Å². The van der Waals surface area contributed by atoms with E-state index in [1.54, 1.807) is 0 Å². The molecule has 0 aromatic heterocycles. The number of rotatable bonds is 4. The number of likely N-dealkylation sites (tertiary alicyclic amines) is 1. The number of carbonyl (C=O) groups is 1. The molecule has 1 saturated heterocycles. The maximum absolute atomic E-state index is 11.6. The summed E-state index contributed by atoms with van der Waals surface area (Å²) in [6.07, 6.45) is 8.01. The molecule has 1 heterocycles. The van der Waals surface area contributed by atoms with E-state index in [0.29, 0.717) is 11.3 Å². The lowest BCUT2D eigenvalue weighted by atomic mass is 9.65. The van der Waals surface area contributed by atoms with Gasteiger partial charge in [-0.1, -0.05) is 33.6 Å². The Hall–Kier alpha value is -0.570. The lowest BCUT2D eigenvalue weighted by Gasteiger charge is -2.46. The lowest BCUT2D eigenvalue weighted by molar-refractivity contribution is -0.147. The molecule has 0 aromatic rings. The number of aliphatic carboxylic acids is 1. The first kappa shape index (κ1) is 15.8. The third kappa shape index (κ3) is 3.36. The number of carboxylic acids is 1. The van der Waals surface area contributed by atoms with E-state index >= 15 is 0 Å². The molecule has 0 radical (unpaired) electrons. The maximum atomic E-state index is 11.6. The Balaban J connectivity index is 2.11. The minimum absolute atomic E-state index is 0.142. The SMILES string of the molecule is CCC(C)(C)C1CCC(C(=O)O)C(N2CCCCC2)C1. The minimum Gasteiger partial charge on any atom is -0.481 e. The smallest absolute Gasteiger partial charge is 0.308 e. The summed E-state index contributed by atoms with van der Waals surface area (Å²) in [4.78, 5) is 14.1. The number of carboxylic acid groups (broad SMARTS) is 1. The molecule has 2 fully saturated rings. The Morgan fingerprint density at radius 1 is 1.20 bits per heavy atom. The molecule has 0 amide bonds. The Morgan fingerprint density at radius 2 is 1.85 bits per heavy atom. The van der Waals surface area contributed by atoms with Crippen LogP contribution in [-0.2, 0) is 4.79 Å². The molecular formula is C17H31NO2. The van der Waals surface area contributed by atoms with Crippen LogP contribution < -0.4 is 0 Å². The molecular weight excluding hydrogens is 250 g/mol. The summed E-state index contributed by atoms with van der Waals surface area (Å²) >= 11 is 0. The molecule has 1 N–H and O–H groups in total. The highest BCUT2D eigenvalue weighted by Gasteiger charge is 2.42. The minimum atomic E-state index is -0.576. The first-order valence-corrected chi connectivity index (χ1v) is 8.42. The van der Waals surface area contributed by atoms with Gasteiger partial charge in [0.05, 0.1) is 5.92 Å². The van der Waals surface area contributed by atoms with Crippen molar-refractivity contribution < 1.29 is 9.90 Å². The molecule has 116 valence electrons. The van der Waals surface area contributed by atoms with Gasteiger partial charge in [-0.05, 0) is 56.5 Å². The quantitative estimate of drug-likeness (QED) is 0.852. The van der Waals surface area contributed by atoms with Crippen LogP contribution in [0.2, 0.25) is 0 Å². The summed E-state index contributed by atoms with van der Waals surface area (Å²) in [5.41, 5.74) is 0.345. The van der Waals surface area contributed by atoms with Crippen LogP contribution in [-0.4, -0.2) is 35.1 Å². The fraction of sp³-hybridized carbons (Fsp3) is 0.941. The van der Waals surface area contributed by atoms with Crippen LogP contribution in [0.3, 0.4) is 0 Å². The molecule has 1 aliphatic heterocycles. The number of piperidine rings is 1. The number of nitrogens with zero attached hydrogens (tertiary/aromatic N) is 1. The molecule has 3 heteroatoms. The second kappa shape index (κ2) is 6.46. The first-order valence-electron chi connectivity index (χ1n) is 8.42. The van der Waals surface area contributed by atoms with Crippen molar-refractivity contribution in [2.45, 2.75) is 71.8 Å². The van der Waals surface area contributed by atoms with Gasteiger partial charge >= 0.3 is 5.97 Å². The zero-order chi connectivity index (χ0) is 14.8. The van der Waals surface area contributed by atoms with E-state index in [1.807, 2.05) is 0 Å². The predicted molar refractivity (Wildman–Crippen MR) is 81.8 cm³/mol. The first-order chi connectivity index (χ1) is 9.45. The van der Waals surface area contributed by atoms with Gasteiger partial charge in [-0.25, -0.2) is 0 Å². The zero-order valence-corrected chi connectivity index (χ0v) is 13.4. The van der Waals surface area contributed by atoms with Crippen molar-refractivity contribution in [1.29, 1.82) is 0 Å². The van der Waals surface area contributed by atoms with Crippen LogP contribution in [0, 0.1) is 17.3 Å². The monoisotopic (exact) mass is 281 g/mol. The van der Waals surface area contributed by atoms with E-state index in [0.717, 1.165) is 32.4 Å². The third-order valence-electron chi connectivity index (χ3n) is 6.01. The van der Waals surface area contributed by atoms with Crippen LogP contribution in [0.1, 0.15) is 65.7 Å². The fourth-order valence-electron chi connectivity index (χ4n) is 4.09. The highest BCUT2D eigenvalue weighted by atomic mass is 16.4. The second-order valence-electron chi connectivity index (χ2n) is 7.46. The van der Waals surface area contributed by atoms with Crippen LogP contribution in [0.15, 0.2) is 0 Å². The van der Waals surface area contributed by atoms with Gasteiger partial charge in [-0.15, -0.1) is 0 Å². The maximum Gasteiger partial charge on any atom is 0.308 e. The summed E-state index contributed by atoms with van der Waals surface area (Å²) < 4.78 is 0. The number of hydrogen-bond acceptors (Lipinski definition) is 2. The molecule has 0 aromatic carbocycles. The van der Waals surface area contributed by atoms with Gasteiger partial charge in [0, 0.05) is 6.04 Å². The van der Waals surface area contributed by atoms with Crippen molar-refractivity contribution in [3.05, 3.63) is 0 Å². The highest BCUT2D eigenvalue weighted by molar-refractivity contribution is 5.71. The Labute approximate surface area is 123 Å². The van der Waals surface area contributed by atoms with Gasteiger partial charge in [-0.3, -0.25) is 9.69 Å². The Kier molecular flexibility index (Phi) is 5.11. The van der Waals surface area contributed by atoms with E-state index in [2.05, 4.69) is 25.7 Å². The van der Waals surface area contributed by atoms with E-state index in [4.69, 9.17) is 0 Å². The molecule has 3 atom stereocenters. The van der Waals surface area contributed by atoms with Crippen molar-refractivity contribution in [2.75, 3.05) is 13.1 Å². The standard InChI is InChI=1S/C17H31NO2/c1-4-17(2,3)13-8-9-14(16(19)20)15(12-13)18-10-6-5-7-11-18/h13-15H,4-12H2,1-3H3,(H,19,20). The topological polar surface area (TPSA) is 40.5 Å². The second-order valence-corrected chi connectivity index (χ2v) is 7.46. The normalized spacial score (nSPS) is 33.0. The summed E-state index contributed by atoms with van der Waals surface area (Å²) in [5, 5.41) is 9.56. The average molecular weight is 281 g/mol. The summed E-state index contributed by atoms with van der Waals surface area (Å²) in [6, 6.07) is 0.275. The van der Waals surface area contributed by atoms with E-state index < -0.39 is 5.97 Å². The van der Waals surface area contributed by atoms with Crippen molar-refractivity contribution in [2.24, 2.45) is 17.3 Å². The summed E-state index contributed by atoms with van der Waals surface area (Å²) in [5.74, 6) is -0.0413. The van der Waals surface area contributed by atoms with Gasteiger partial charge in [0.15, 0.2) is 0 Å². The molecule has 3 unspecified atom stereocenters. The van der Waals surface area contributed by atoms with Crippen LogP contribution in [0.4, 0.5) is 0 Å². The van der Waals surface area contributed by atoms with Crippen molar-refractivity contribution in [1.82, 2.24) is 4.90 Å². The highest BCUT2D eigenvalue weighted by Crippen LogP contribution is 2.44. The van der Waals surface area contributed by atoms with E-state index in [-0.39, 0.29) is 12.0 Å². The van der Waals surface area contributed by atoms with Crippen LogP contribution in [0.5, 0.6) is 0 Å². The third-order valence-corrected chi connectivity index (χ3v) is 6.01. The largest absolute Gasteiger partial charge is 0.481 e. The van der Waals surface area contributed by atoms with Gasteiger partial charge < -0.3 is 5.11 Å². The predicted octanol–water partition coefficient (Wildman–Crippen LogP) is 3.78. The fourth-order valence-corrected chi connectivity index (χ4v) is 4.09. The Bertz CT molecular complexity index is 334. The van der Waals surface area contributed by atoms with Gasteiger partial charge in [0.2, 0.25) is 0 Å². The number of hydrogen-bond donors (Lipinski definition) is 1. The zero-order valence-electron chi connectivity index (χ0n) is 13.4. The molecule has 20 heavy (non-hydrogen) atoms. The van der Waals surface area contributed by atoms with Crippen molar-refractivity contribution in [3.8, 4) is 0 Å². The van der Waals surface area contributed by atoms with E-state index in [1.165, 1.54) is 25.7 Å². The molecule has 2 aliphatic rings.